The van der Waals surface area contributed by atoms with Gasteiger partial charge in [-0.25, -0.2) is 9.79 Å². The number of hydrogen-bond donors (Lipinski definition) is 9. The summed E-state index contributed by atoms with van der Waals surface area (Å²) in [5.74, 6) is -9.54. The number of ether oxygens (including phenoxy) is 5. The largest absolute Gasteiger partial charge is 0.507 e. The molecule has 2 saturated heterocycles. The third kappa shape index (κ3) is 32.5. The minimum Gasteiger partial charge on any atom is -0.507 e. The van der Waals surface area contributed by atoms with Crippen LogP contribution in [0.15, 0.2) is 70.8 Å². The first-order valence-corrected chi connectivity index (χ1v) is 30.1. The van der Waals surface area contributed by atoms with E-state index in [-0.39, 0.29) is 182 Å². The Morgan fingerprint density at radius 1 is 0.679 bits per heavy atom. The number of phenols is 2. The maximum atomic E-state index is 13.8. The van der Waals surface area contributed by atoms with Gasteiger partial charge in [-0.2, -0.15) is 0 Å². The van der Waals surface area contributed by atoms with Crippen molar-refractivity contribution in [2.24, 2.45) is 52.3 Å². The second kappa shape index (κ2) is 62.1. The van der Waals surface area contributed by atoms with E-state index in [0.717, 1.165) is 11.6 Å². The molecule has 1 aliphatic carbocycles. The summed E-state index contributed by atoms with van der Waals surface area (Å²) in [6.07, 6.45) is 0.521. The lowest BCUT2D eigenvalue weighted by Gasteiger charge is -2.42. The molecule has 2 fully saturated rings. The number of aromatic hydroxyl groups is 2. The monoisotopic (exact) mass is 1680 g/mol. The number of hydrogen-bond acceptors (Lipinski definition) is 19. The fraction of sp³-hybridized carbons (Fsp3) is 0.585. The van der Waals surface area contributed by atoms with E-state index in [1.165, 1.54) is 58.1 Å². The molecule has 3 amide bonds. The summed E-state index contributed by atoms with van der Waals surface area (Å²) in [7, 11) is 4.57. The minimum atomic E-state index is -1.74. The number of alkyl carbamates (subject to hydrolysis) is 1. The molecule has 8 rings (SSSR count). The topological polar surface area (TPSA) is 1100 Å². The highest BCUT2D eigenvalue weighted by atomic mass is 35.5. The van der Waals surface area contributed by atoms with Crippen LogP contribution in [0.3, 0.4) is 0 Å². The van der Waals surface area contributed by atoms with Crippen LogP contribution in [-0.2, 0) is 49.3 Å². The molecule has 0 saturated carbocycles. The minimum absolute atomic E-state index is 0. The predicted molar refractivity (Wildman–Crippen MR) is 411 cm³/mol. The maximum Gasteiger partial charge on any atom is 0.409 e. The Morgan fingerprint density at radius 2 is 1.16 bits per heavy atom. The second-order valence-corrected chi connectivity index (χ2v) is 25.3. The Bertz CT molecular complexity index is 3290. The van der Waals surface area contributed by atoms with Crippen LogP contribution in [0.4, 0.5) is 10.5 Å². The maximum absolute atomic E-state index is 13.8. The number of benzene rings is 2. The number of carbonyl (C=O) groups excluding carboxylic acids is 6. The predicted octanol–water partition coefficient (Wildman–Crippen LogP) is -14.7. The number of amides is 3. The van der Waals surface area contributed by atoms with Crippen LogP contribution in [0, 0.1) is 47.3 Å². The highest BCUT2D eigenvalue weighted by molar-refractivity contribution is 6.46. The second-order valence-electron chi connectivity index (χ2n) is 24.9. The van der Waals surface area contributed by atoms with E-state index < -0.39 is 160 Å². The lowest BCUT2D eigenvalue weighted by atomic mass is 9.76. The smallest absolute Gasteiger partial charge is 0.409 e. The van der Waals surface area contributed by atoms with Gasteiger partial charge in [-0.05, 0) is 56.9 Å². The first kappa shape index (κ1) is 153. The van der Waals surface area contributed by atoms with Gasteiger partial charge in [0.2, 0.25) is 5.91 Å². The number of esters is 1. The summed E-state index contributed by atoms with van der Waals surface area (Å²) < 4.78 is 28.7. The molecule has 2 unspecified atom stereocenters. The summed E-state index contributed by atoms with van der Waals surface area (Å²) in [5, 5.41) is 91.0. The van der Waals surface area contributed by atoms with Crippen LogP contribution in [0.25, 0.3) is 5.57 Å². The van der Waals surface area contributed by atoms with Crippen molar-refractivity contribution in [1.29, 1.82) is 0 Å². The average Bonchev–Trinajstić information content (AvgIpc) is 1.44. The molecular formula is C65H136ClN3O43. The number of methoxy groups -OCH3 is 2. The van der Waals surface area contributed by atoms with Crippen molar-refractivity contribution in [3.63, 3.8) is 0 Å². The van der Waals surface area contributed by atoms with Crippen molar-refractivity contribution in [2.45, 2.75) is 175 Å². The normalized spacial score (nSPS) is 28.7. The summed E-state index contributed by atoms with van der Waals surface area (Å²) in [6, 6.07) is 4.56. The zero-order chi connectivity index (χ0) is 65.9. The van der Waals surface area contributed by atoms with E-state index in [2.05, 4.69) is 10.3 Å². The van der Waals surface area contributed by atoms with Crippen molar-refractivity contribution >= 4 is 58.3 Å². The number of nitrogens with one attached hydrogen (secondary N) is 1. The van der Waals surface area contributed by atoms with Gasteiger partial charge in [0.15, 0.2) is 17.3 Å². The van der Waals surface area contributed by atoms with Gasteiger partial charge in [0.05, 0.1) is 73.3 Å². The van der Waals surface area contributed by atoms with E-state index in [1.807, 2.05) is 19.1 Å². The number of halogens is 1. The zero-order valence-electron chi connectivity index (χ0n) is 64.7. The SMILES string of the molecule is C/C1=C/C=C/[C@H](C)[C@H](O)[C@@H](C)[C@@H](O)[C@@H](C)[C@H](O)[C@H](C)[C@@H](O)[C@H](C)/C=C(/C)C(=O)C2=c3c(O)cc(c(O)c3C(O)C(C)C2=O)=NC1=O.COc1cc2cc(c1Cl)N(C)C(=O)C[C@H](OC(=O)C(C)C)[C@@]1(C)O[C@H]1[C@H](C)[C@@H]1C[C@@](O)(NC(=O)O1)[C@H](OC)/C=C/CC2.O.O.O.O.O.O.O.O.O.O.O.O.O.O.O.O.O.O.O.O.O.O.O.O. The third-order valence-corrected chi connectivity index (χ3v) is 18.5. The fourth-order valence-electron chi connectivity index (χ4n) is 12.0. The number of fused-ring (bicyclic) bond motifs is 20. The molecule has 2 aromatic carbocycles. The number of rotatable bonds is 4. The Morgan fingerprint density at radius 3 is 1.63 bits per heavy atom. The van der Waals surface area contributed by atoms with E-state index in [1.54, 1.807) is 80.7 Å². The third-order valence-electron chi connectivity index (χ3n) is 18.1. The van der Waals surface area contributed by atoms with Crippen molar-refractivity contribution in [3.8, 4) is 17.2 Å². The standard InChI is InChI=1S/C35H47NO10.C30H41ClN2O9.24H2O/c1-14-10-9-11-15(2)35(46)36-22-13-23(37)24-25(32(43)21(8)33(44)26(24)34(22)45)29(40)17(4)12-16(3)28(39)19(6)31(42)20(7)30(41)18(5)27(14)38;1-16(2)27(35)41-23-14-24(34)33(5)19-12-18(13-20(38-6)25(19)31)10-8-9-11-22(39-7)30(37)15-21(40-28(36)32-30)17(3)26-29(23,4)42-26;;;;;;;;;;;;;;;;;;;;;;;;/h9-14,16,18-21,27-28,30-31,33,37-39,41-42,44-45H,1-8H3;9,11-13,16-17,21-23,26,37H,8,10,14-15H2,1-7H3,(H,32,36);24*1H2/b10-9+,15-11-,17-12-,36-22?;11-9+;;;;;;;;;;;;;;;;;;;;;;;;/t14-,16+,18+,19+,20+,21?,27-,28-,30+,31+,33?;17-,21+,22-,23+,26+,29-,30+;;;;;;;;;;;;;;;;;;;;;;;;/m01......................../s1. The molecule has 57 N–H and O–H groups in total. The van der Waals surface area contributed by atoms with Gasteiger partial charge in [0.25, 0.3) is 5.91 Å². The molecule has 0 radical (unpaired) electrons. The highest BCUT2D eigenvalue weighted by Gasteiger charge is 2.64. The molecule has 18 atom stereocenters. The Balaban J connectivity index is -0.0000000750. The Labute approximate surface area is 649 Å². The number of allylic oxidation sites excluding steroid dienone is 4. The molecule has 676 valence electrons. The number of epoxide rings is 1. The summed E-state index contributed by atoms with van der Waals surface area (Å²) in [4.78, 5) is 84.5. The van der Waals surface area contributed by atoms with Crippen LogP contribution >= 0.6 is 11.6 Å². The number of phenolic OH excluding ortho intramolecular Hbond substituents is 2. The van der Waals surface area contributed by atoms with Gasteiger partial charge < -0.3 is 201 Å². The quantitative estimate of drug-likeness (QED) is 0.0594. The van der Waals surface area contributed by atoms with Crippen LogP contribution in [0.2, 0.25) is 5.02 Å². The number of ketones is 2. The number of anilines is 1. The van der Waals surface area contributed by atoms with Crippen molar-refractivity contribution < 1.29 is 225 Å². The summed E-state index contributed by atoms with van der Waals surface area (Å²) in [6.45, 7) is 19.5. The Hall–Kier alpha value is -7.30. The number of aryl methyl sites for hydroxylation is 1. The van der Waals surface area contributed by atoms with E-state index in [0.29, 0.717) is 24.3 Å². The Kier molecular flexibility index (Phi) is 85.0. The van der Waals surface area contributed by atoms with E-state index in [9.17, 15) is 69.6 Å². The van der Waals surface area contributed by atoms with Gasteiger partial charge >= 0.3 is 12.1 Å². The lowest BCUT2D eigenvalue weighted by Crippen LogP contribution is -2.63. The van der Waals surface area contributed by atoms with Crippen molar-refractivity contribution in [3.05, 3.63) is 92.5 Å². The van der Waals surface area contributed by atoms with Crippen LogP contribution in [-0.4, -0.2) is 289 Å². The molecule has 6 aliphatic rings. The molecule has 0 spiro atoms. The van der Waals surface area contributed by atoms with Crippen LogP contribution < -0.4 is 25.5 Å². The summed E-state index contributed by atoms with van der Waals surface area (Å²) in [5.41, 5.74) is -2.11. The summed E-state index contributed by atoms with van der Waals surface area (Å²) >= 11 is 6.64. The van der Waals surface area contributed by atoms with Crippen LogP contribution in [0.1, 0.15) is 120 Å². The first-order chi connectivity index (χ1) is 41.1. The number of Topliss-reactive ketones (excluding diaryl/α,β-unsaturated/α-hetero) is 2. The number of aliphatic hydroxyl groups excluding tert-OH is 5. The zero-order valence-corrected chi connectivity index (χ0v) is 65.4. The van der Waals surface area contributed by atoms with Crippen LogP contribution in [0.5, 0.6) is 17.2 Å². The van der Waals surface area contributed by atoms with E-state index in [4.69, 9.17) is 35.3 Å². The highest BCUT2D eigenvalue weighted by Crippen LogP contribution is 2.49. The molecule has 47 heteroatoms. The lowest BCUT2D eigenvalue weighted by molar-refractivity contribution is -0.157. The van der Waals surface area contributed by atoms with Gasteiger partial charge in [-0.1, -0.05) is 110 Å². The molecule has 46 nitrogen and oxygen atoms in total. The van der Waals surface area contributed by atoms with Gasteiger partial charge in [0, 0.05) is 78.5 Å². The average molecular weight is 1680 g/mol. The number of nitrogens with zero attached hydrogens (tertiary/aromatic N) is 2. The van der Waals surface area contributed by atoms with Gasteiger partial charge in [-0.3, -0.25) is 29.3 Å². The molecular weight excluding hydrogens is 1550 g/mol. The van der Waals surface area contributed by atoms with Gasteiger partial charge in [0.1, 0.15) is 51.5 Å². The van der Waals surface area contributed by atoms with E-state index >= 15 is 0 Å². The first-order valence-electron chi connectivity index (χ1n) is 29.7. The fourth-order valence-corrected chi connectivity index (χ4v) is 12.3. The molecule has 5 aliphatic heterocycles. The number of carbonyl (C=O) groups is 6. The molecule has 112 heavy (non-hydrogen) atoms. The molecule has 5 heterocycles. The van der Waals surface area contributed by atoms with Crippen molar-refractivity contribution in [1.82, 2.24) is 5.32 Å². The molecule has 8 bridgehead atoms. The number of aliphatic hydroxyl groups is 6. The van der Waals surface area contributed by atoms with Gasteiger partial charge in [-0.15, -0.1) is 0 Å². The molecule has 0 aromatic heterocycles. The molecule has 2 aromatic rings. The van der Waals surface area contributed by atoms with Crippen molar-refractivity contribution in [2.75, 3.05) is 26.2 Å².